The van der Waals surface area contributed by atoms with E-state index in [0.29, 0.717) is 6.61 Å². The van der Waals surface area contributed by atoms with Crippen LogP contribution >= 0.6 is 0 Å². The van der Waals surface area contributed by atoms with Crippen LogP contribution in [-0.4, -0.2) is 6.61 Å². The zero-order valence-corrected chi connectivity index (χ0v) is 12.2. The fourth-order valence-electron chi connectivity index (χ4n) is 2.99. The Morgan fingerprint density at radius 2 is 1.57 bits per heavy atom. The molecule has 0 fully saturated rings. The lowest BCUT2D eigenvalue weighted by molar-refractivity contribution is 0.0278. The second-order valence-electron chi connectivity index (χ2n) is 5.24. The zero-order chi connectivity index (χ0) is 14.7. The van der Waals surface area contributed by atoms with Gasteiger partial charge in [-0.3, -0.25) is 0 Å². The maximum atomic E-state index is 6.27. The second kappa shape index (κ2) is 5.63. The number of hydrogen-bond acceptors (Lipinski definition) is 2. The number of hydrogen-bond donors (Lipinski definition) is 1. The number of fused-ring (bicyclic) bond motifs is 3. The van der Waals surface area contributed by atoms with E-state index in [1.807, 2.05) is 24.3 Å². The first-order valence-electron chi connectivity index (χ1n) is 7.39. The molecule has 1 aliphatic carbocycles. The van der Waals surface area contributed by atoms with E-state index in [-0.39, 0.29) is 0 Å². The second-order valence-corrected chi connectivity index (χ2v) is 5.24. The van der Waals surface area contributed by atoms with Crippen molar-refractivity contribution in [3.8, 4) is 23.1 Å². The normalized spacial score (nSPS) is 14.0. The summed E-state index contributed by atoms with van der Waals surface area (Å²) in [5.74, 6) is 3.13. The molecule has 21 heavy (non-hydrogen) atoms. The molecule has 0 unspecified atom stereocenters. The Balaban J connectivity index is 2.19. The highest BCUT2D eigenvalue weighted by molar-refractivity contribution is 5.82. The van der Waals surface area contributed by atoms with Crippen molar-refractivity contribution in [1.82, 2.24) is 0 Å². The van der Waals surface area contributed by atoms with Crippen LogP contribution in [0.15, 0.2) is 48.5 Å². The van der Waals surface area contributed by atoms with Crippen LogP contribution in [0.2, 0.25) is 0 Å². The van der Waals surface area contributed by atoms with Crippen LogP contribution in [0.3, 0.4) is 0 Å². The van der Waals surface area contributed by atoms with Crippen LogP contribution in [-0.2, 0) is 10.3 Å². The predicted molar refractivity (Wildman–Crippen MR) is 85.5 cm³/mol. The molecule has 0 aromatic heterocycles. The van der Waals surface area contributed by atoms with Crippen molar-refractivity contribution in [3.63, 3.8) is 0 Å². The van der Waals surface area contributed by atoms with Gasteiger partial charge in [0, 0.05) is 23.8 Å². The first-order valence-corrected chi connectivity index (χ1v) is 7.39. The van der Waals surface area contributed by atoms with Crippen LogP contribution in [0.4, 0.5) is 0 Å². The molecule has 3 rings (SSSR count). The van der Waals surface area contributed by atoms with Gasteiger partial charge in [-0.05, 0) is 23.5 Å². The van der Waals surface area contributed by atoms with E-state index in [2.05, 4.69) is 43.2 Å². The van der Waals surface area contributed by atoms with E-state index < -0.39 is 5.60 Å². The van der Waals surface area contributed by atoms with Gasteiger partial charge in [-0.1, -0.05) is 61.9 Å². The van der Waals surface area contributed by atoms with Crippen LogP contribution in [0.1, 0.15) is 30.9 Å². The zero-order valence-electron chi connectivity index (χ0n) is 12.2. The monoisotopic (exact) mass is 277 g/mol. The topological polar surface area (TPSA) is 35.2 Å². The Kier molecular flexibility index (Phi) is 3.68. The third kappa shape index (κ3) is 2.11. The third-order valence-corrected chi connectivity index (χ3v) is 3.97. The van der Waals surface area contributed by atoms with E-state index in [9.17, 15) is 0 Å². The SMILES string of the molecule is CCCCOC1(C#CN)c2ccccc2-c2ccccc21. The fraction of sp³-hybridized carbons (Fsp3) is 0.263. The van der Waals surface area contributed by atoms with E-state index >= 15 is 0 Å². The molecule has 0 atom stereocenters. The lowest BCUT2D eigenvalue weighted by Gasteiger charge is -2.26. The quantitative estimate of drug-likeness (QED) is 0.526. The molecule has 0 saturated carbocycles. The number of rotatable bonds is 4. The molecular formula is C19H19NO. The summed E-state index contributed by atoms with van der Waals surface area (Å²) in [7, 11) is 0. The summed E-state index contributed by atoms with van der Waals surface area (Å²) >= 11 is 0. The van der Waals surface area contributed by atoms with E-state index in [1.165, 1.54) is 11.1 Å². The van der Waals surface area contributed by atoms with Gasteiger partial charge in [-0.15, -0.1) is 0 Å². The molecule has 0 amide bonds. The van der Waals surface area contributed by atoms with Gasteiger partial charge in [0.05, 0.1) is 0 Å². The van der Waals surface area contributed by atoms with Gasteiger partial charge in [0.1, 0.15) is 0 Å². The largest absolute Gasteiger partial charge is 0.359 e. The van der Waals surface area contributed by atoms with Gasteiger partial charge >= 0.3 is 0 Å². The van der Waals surface area contributed by atoms with Crippen molar-refractivity contribution in [1.29, 1.82) is 0 Å². The van der Waals surface area contributed by atoms with Crippen molar-refractivity contribution in [2.75, 3.05) is 6.61 Å². The number of unbranched alkanes of at least 4 members (excludes halogenated alkanes) is 1. The Morgan fingerprint density at radius 3 is 2.10 bits per heavy atom. The molecule has 2 aromatic rings. The molecule has 0 aliphatic heterocycles. The Hall–Kier alpha value is -2.24. The minimum Gasteiger partial charge on any atom is -0.359 e. The van der Waals surface area contributed by atoms with Crippen LogP contribution in [0, 0.1) is 12.0 Å². The summed E-state index contributed by atoms with van der Waals surface area (Å²) in [5.41, 5.74) is 9.42. The predicted octanol–water partition coefficient (Wildman–Crippen LogP) is 3.65. The average Bonchev–Trinajstić information content (AvgIpc) is 2.80. The van der Waals surface area contributed by atoms with Gasteiger partial charge in [0.25, 0.3) is 0 Å². The molecule has 1 aliphatic rings. The summed E-state index contributed by atoms with van der Waals surface area (Å²) in [6.07, 6.45) is 2.10. The van der Waals surface area contributed by atoms with Gasteiger partial charge in [0.15, 0.2) is 5.60 Å². The molecule has 2 aromatic carbocycles. The summed E-state index contributed by atoms with van der Waals surface area (Å²) in [4.78, 5) is 0. The maximum Gasteiger partial charge on any atom is 0.182 e. The number of ether oxygens (including phenoxy) is 1. The van der Waals surface area contributed by atoms with Crippen molar-refractivity contribution in [2.45, 2.75) is 25.4 Å². The number of nitrogens with two attached hydrogens (primary N) is 1. The standard InChI is InChI=1S/C19H19NO/c1-2-3-14-21-19(12-13-20)17-10-6-4-8-15(17)16-9-5-7-11-18(16)19/h4-11H,2-3,14,20H2,1H3. The molecular weight excluding hydrogens is 258 g/mol. The highest BCUT2D eigenvalue weighted by Crippen LogP contribution is 2.49. The van der Waals surface area contributed by atoms with Crippen molar-refractivity contribution < 1.29 is 4.74 Å². The van der Waals surface area contributed by atoms with E-state index in [1.54, 1.807) is 0 Å². The van der Waals surface area contributed by atoms with Crippen LogP contribution in [0.5, 0.6) is 0 Å². The summed E-state index contributed by atoms with van der Waals surface area (Å²) in [6, 6.07) is 19.2. The highest BCUT2D eigenvalue weighted by Gasteiger charge is 2.42. The van der Waals surface area contributed by atoms with Crippen molar-refractivity contribution in [3.05, 3.63) is 59.7 Å². The summed E-state index contributed by atoms with van der Waals surface area (Å²) in [6.45, 7) is 2.83. The fourth-order valence-corrected chi connectivity index (χ4v) is 2.99. The third-order valence-electron chi connectivity index (χ3n) is 3.97. The maximum absolute atomic E-state index is 6.27. The first kappa shape index (κ1) is 13.7. The summed E-state index contributed by atoms with van der Waals surface area (Å²) in [5, 5.41) is 0. The first-order chi connectivity index (χ1) is 10.3. The van der Waals surface area contributed by atoms with E-state index in [4.69, 9.17) is 10.5 Å². The van der Waals surface area contributed by atoms with Crippen molar-refractivity contribution >= 4 is 0 Å². The average molecular weight is 277 g/mol. The van der Waals surface area contributed by atoms with E-state index in [0.717, 1.165) is 24.0 Å². The van der Waals surface area contributed by atoms with Gasteiger partial charge < -0.3 is 10.5 Å². The van der Waals surface area contributed by atoms with Gasteiger partial charge in [0.2, 0.25) is 0 Å². The molecule has 0 radical (unpaired) electrons. The Labute approximate surface area is 125 Å². The Morgan fingerprint density at radius 1 is 1.00 bits per heavy atom. The van der Waals surface area contributed by atoms with Crippen LogP contribution < -0.4 is 5.73 Å². The molecule has 0 bridgehead atoms. The molecule has 0 saturated heterocycles. The minimum absolute atomic E-state index is 0.674. The lowest BCUT2D eigenvalue weighted by Crippen LogP contribution is -2.28. The van der Waals surface area contributed by atoms with Gasteiger partial charge in [-0.25, -0.2) is 0 Å². The highest BCUT2D eigenvalue weighted by atomic mass is 16.5. The number of benzene rings is 2. The Bertz CT molecular complexity index is 663. The molecule has 2 nitrogen and oxygen atoms in total. The smallest absolute Gasteiger partial charge is 0.182 e. The molecule has 106 valence electrons. The summed E-state index contributed by atoms with van der Waals surface area (Å²) < 4.78 is 6.27. The van der Waals surface area contributed by atoms with Crippen molar-refractivity contribution in [2.24, 2.45) is 5.73 Å². The molecule has 0 spiro atoms. The lowest BCUT2D eigenvalue weighted by atomic mass is 9.92. The van der Waals surface area contributed by atoms with Crippen LogP contribution in [0.25, 0.3) is 11.1 Å². The molecule has 2 heteroatoms. The van der Waals surface area contributed by atoms with Gasteiger partial charge in [-0.2, -0.15) is 0 Å². The molecule has 2 N–H and O–H groups in total. The molecule has 0 heterocycles. The minimum atomic E-state index is -0.725.